The number of nitrogens with zero attached hydrogens (tertiary/aromatic N) is 4. The predicted molar refractivity (Wildman–Crippen MR) is 104 cm³/mol. The first-order valence-corrected chi connectivity index (χ1v) is 10.3. The van der Waals surface area contributed by atoms with Crippen molar-refractivity contribution in [1.29, 1.82) is 0 Å². The van der Waals surface area contributed by atoms with E-state index in [1.54, 1.807) is 7.11 Å². The molecule has 0 aromatic carbocycles. The van der Waals surface area contributed by atoms with Crippen molar-refractivity contribution in [3.63, 3.8) is 0 Å². The fraction of sp³-hybridized carbons (Fsp3) is 0.850. The molecular weight excluding hydrogens is 344 g/mol. The summed E-state index contributed by atoms with van der Waals surface area (Å²) in [4.78, 5) is 27.4. The molecule has 0 radical (unpaired) electrons. The Labute approximate surface area is 161 Å². The van der Waals surface area contributed by atoms with Crippen LogP contribution in [0.15, 0.2) is 4.79 Å². The summed E-state index contributed by atoms with van der Waals surface area (Å²) >= 11 is 0. The highest BCUT2D eigenvalue weighted by molar-refractivity contribution is 5.82. The molecule has 0 N–H and O–H groups in total. The second-order valence-electron chi connectivity index (χ2n) is 8.85. The van der Waals surface area contributed by atoms with E-state index in [0.717, 1.165) is 64.0 Å². The van der Waals surface area contributed by atoms with Crippen LogP contribution in [0.3, 0.4) is 0 Å². The number of likely N-dealkylation sites (tertiary alicyclic amines) is 1. The Morgan fingerprint density at radius 1 is 1.19 bits per heavy atom. The van der Waals surface area contributed by atoms with Crippen molar-refractivity contribution in [1.82, 2.24) is 19.2 Å². The van der Waals surface area contributed by atoms with E-state index >= 15 is 0 Å². The molecule has 3 heterocycles. The van der Waals surface area contributed by atoms with Crippen molar-refractivity contribution in [2.24, 2.45) is 10.8 Å². The summed E-state index contributed by atoms with van der Waals surface area (Å²) in [6.45, 7) is 9.57. The highest BCUT2D eigenvalue weighted by Crippen LogP contribution is 2.42. The Hall–Kier alpha value is -1.63. The van der Waals surface area contributed by atoms with E-state index in [4.69, 9.17) is 4.74 Å². The Morgan fingerprint density at radius 3 is 2.48 bits per heavy atom. The maximum absolute atomic E-state index is 12.8. The highest BCUT2D eigenvalue weighted by Gasteiger charge is 2.40. The van der Waals surface area contributed by atoms with Crippen LogP contribution in [-0.2, 0) is 29.0 Å². The molecule has 7 nitrogen and oxygen atoms in total. The van der Waals surface area contributed by atoms with E-state index < -0.39 is 0 Å². The fourth-order valence-electron chi connectivity index (χ4n) is 4.33. The van der Waals surface area contributed by atoms with Gasteiger partial charge in [-0.2, -0.15) is 5.10 Å². The van der Waals surface area contributed by atoms with E-state index in [9.17, 15) is 9.59 Å². The van der Waals surface area contributed by atoms with Gasteiger partial charge >= 0.3 is 5.69 Å². The maximum Gasteiger partial charge on any atom is 0.345 e. The molecule has 1 amide bonds. The van der Waals surface area contributed by atoms with Gasteiger partial charge in [0.1, 0.15) is 5.82 Å². The molecule has 0 saturated carbocycles. The zero-order valence-electron chi connectivity index (χ0n) is 17.3. The summed E-state index contributed by atoms with van der Waals surface area (Å²) in [6, 6.07) is 0. The van der Waals surface area contributed by atoms with Crippen LogP contribution < -0.4 is 5.69 Å². The first-order valence-electron chi connectivity index (χ1n) is 10.3. The molecule has 2 aliphatic heterocycles. The molecule has 0 aliphatic carbocycles. The number of carbonyl (C=O) groups excluding carboxylic acids is 1. The summed E-state index contributed by atoms with van der Waals surface area (Å²) in [7, 11) is 1.63. The van der Waals surface area contributed by atoms with Crippen molar-refractivity contribution in [2.45, 2.75) is 72.4 Å². The smallest absolute Gasteiger partial charge is 0.345 e. The zero-order chi connectivity index (χ0) is 19.7. The number of aryl methyl sites for hydroxylation is 1. The normalized spacial score (nSPS) is 19.8. The van der Waals surface area contributed by atoms with Gasteiger partial charge in [0.2, 0.25) is 5.91 Å². The number of fused-ring (bicyclic) bond motifs is 1. The average molecular weight is 379 g/mol. The second-order valence-corrected chi connectivity index (χ2v) is 8.85. The summed E-state index contributed by atoms with van der Waals surface area (Å²) < 4.78 is 8.45. The maximum atomic E-state index is 12.8. The van der Waals surface area contributed by atoms with E-state index in [0.29, 0.717) is 13.2 Å². The number of hydrogen-bond donors (Lipinski definition) is 0. The van der Waals surface area contributed by atoms with Gasteiger partial charge in [-0.05, 0) is 37.5 Å². The van der Waals surface area contributed by atoms with Gasteiger partial charge in [-0.25, -0.2) is 9.48 Å². The van der Waals surface area contributed by atoms with E-state index in [-0.39, 0.29) is 22.4 Å². The van der Waals surface area contributed by atoms with Gasteiger partial charge in [-0.15, -0.1) is 0 Å². The van der Waals surface area contributed by atoms with Crippen molar-refractivity contribution in [2.75, 3.05) is 26.8 Å². The molecule has 1 saturated heterocycles. The monoisotopic (exact) mass is 378 g/mol. The molecule has 3 rings (SSSR count). The first-order chi connectivity index (χ1) is 12.8. The minimum Gasteiger partial charge on any atom is -0.383 e. The summed E-state index contributed by atoms with van der Waals surface area (Å²) in [6.07, 6.45) is 5.80. The third-order valence-electron chi connectivity index (χ3n) is 6.83. The third-order valence-corrected chi connectivity index (χ3v) is 6.83. The quantitative estimate of drug-likeness (QED) is 0.787. The largest absolute Gasteiger partial charge is 0.383 e. The number of carbonyl (C=O) groups is 1. The Kier molecular flexibility index (Phi) is 5.79. The van der Waals surface area contributed by atoms with Crippen molar-refractivity contribution in [3.05, 3.63) is 16.3 Å². The molecule has 1 aromatic heterocycles. The number of rotatable bonds is 5. The molecular formula is C20H34N4O3. The van der Waals surface area contributed by atoms with Crippen molar-refractivity contribution < 1.29 is 9.53 Å². The van der Waals surface area contributed by atoms with Crippen LogP contribution in [0, 0.1) is 10.8 Å². The molecule has 1 aromatic rings. The van der Waals surface area contributed by atoms with E-state index in [1.807, 2.05) is 18.4 Å². The predicted octanol–water partition coefficient (Wildman–Crippen LogP) is 2.07. The minimum absolute atomic E-state index is 0.0172. The lowest BCUT2D eigenvalue weighted by atomic mass is 9.72. The first kappa shape index (κ1) is 20.1. The molecule has 27 heavy (non-hydrogen) atoms. The van der Waals surface area contributed by atoms with Crippen LogP contribution in [-0.4, -0.2) is 52.0 Å². The lowest BCUT2D eigenvalue weighted by molar-refractivity contribution is -0.143. The number of methoxy groups -OCH3 is 1. The van der Waals surface area contributed by atoms with Gasteiger partial charge in [0.25, 0.3) is 0 Å². The molecule has 1 spiro atoms. The molecule has 2 aliphatic rings. The van der Waals surface area contributed by atoms with E-state index in [1.165, 1.54) is 4.68 Å². The molecule has 0 bridgehead atoms. The highest BCUT2D eigenvalue weighted by atomic mass is 16.5. The number of hydrogen-bond acceptors (Lipinski definition) is 4. The second kappa shape index (κ2) is 7.78. The Balaban J connectivity index is 1.64. The number of ether oxygens (including phenoxy) is 1. The van der Waals surface area contributed by atoms with Gasteiger partial charge in [0.05, 0.1) is 13.2 Å². The van der Waals surface area contributed by atoms with Crippen LogP contribution in [0.2, 0.25) is 0 Å². The van der Waals surface area contributed by atoms with Gasteiger partial charge in [-0.3, -0.25) is 9.36 Å². The van der Waals surface area contributed by atoms with Crippen LogP contribution >= 0.6 is 0 Å². The molecule has 0 atom stereocenters. The standard InChI is InChI=1S/C20H34N4O3/c1-5-19(2,3)17(25)22-11-8-20(9-12-22)7-6-16-21-24(14-15-27-4)18(26)23(16)13-10-20/h5-15H2,1-4H3. The lowest BCUT2D eigenvalue weighted by Crippen LogP contribution is -2.48. The van der Waals surface area contributed by atoms with Crippen LogP contribution in [0.25, 0.3) is 0 Å². The number of piperidine rings is 1. The fourth-order valence-corrected chi connectivity index (χ4v) is 4.33. The number of amides is 1. The molecule has 0 unspecified atom stereocenters. The third kappa shape index (κ3) is 3.98. The Bertz CT molecular complexity index is 726. The van der Waals surface area contributed by atoms with Gasteiger partial charge < -0.3 is 9.64 Å². The molecule has 152 valence electrons. The van der Waals surface area contributed by atoms with Gasteiger partial charge in [-0.1, -0.05) is 20.8 Å². The average Bonchev–Trinajstić information content (AvgIpc) is 2.86. The summed E-state index contributed by atoms with van der Waals surface area (Å²) in [5.74, 6) is 1.18. The zero-order valence-corrected chi connectivity index (χ0v) is 17.3. The van der Waals surface area contributed by atoms with Gasteiger partial charge in [0, 0.05) is 38.6 Å². The van der Waals surface area contributed by atoms with Crippen molar-refractivity contribution >= 4 is 5.91 Å². The van der Waals surface area contributed by atoms with Crippen LogP contribution in [0.1, 0.15) is 58.7 Å². The lowest BCUT2D eigenvalue weighted by Gasteiger charge is -2.43. The summed E-state index contributed by atoms with van der Waals surface area (Å²) in [5, 5.41) is 4.53. The van der Waals surface area contributed by atoms with Crippen LogP contribution in [0.5, 0.6) is 0 Å². The topological polar surface area (TPSA) is 69.4 Å². The summed E-state index contributed by atoms with van der Waals surface area (Å²) in [5.41, 5.74) is -0.0578. The van der Waals surface area contributed by atoms with Crippen molar-refractivity contribution in [3.8, 4) is 0 Å². The Morgan fingerprint density at radius 2 is 1.85 bits per heavy atom. The molecule has 1 fully saturated rings. The number of aromatic nitrogens is 3. The molecule has 7 heteroatoms. The van der Waals surface area contributed by atoms with Gasteiger partial charge in [0.15, 0.2) is 0 Å². The van der Waals surface area contributed by atoms with E-state index in [2.05, 4.69) is 16.9 Å². The van der Waals surface area contributed by atoms with Crippen LogP contribution in [0.4, 0.5) is 0 Å². The SMILES string of the molecule is CCC(C)(C)C(=O)N1CCC2(CCc3nn(CCOC)c(=O)n3CC2)CC1. The minimum atomic E-state index is -0.274.